The van der Waals surface area contributed by atoms with Gasteiger partial charge in [0.05, 0.1) is 12.0 Å². The van der Waals surface area contributed by atoms with E-state index in [1.807, 2.05) is 0 Å². The summed E-state index contributed by atoms with van der Waals surface area (Å²) >= 11 is 0. The standard InChI is InChI=1S/C13H15FN2O5/c1-20-13(17)10(15-8-5-6-8)7-21-12-9(14)3-2-4-11(12)16(18)19/h2-4,8,10,15H,5-7H2,1H3. The molecule has 8 heteroatoms. The maximum absolute atomic E-state index is 13.7. The van der Waals surface area contributed by atoms with Crippen LogP contribution in [0.2, 0.25) is 0 Å². The van der Waals surface area contributed by atoms with Gasteiger partial charge in [-0.05, 0) is 18.9 Å². The molecule has 1 N–H and O–H groups in total. The van der Waals surface area contributed by atoms with E-state index in [-0.39, 0.29) is 12.6 Å². The molecule has 1 aliphatic carbocycles. The minimum absolute atomic E-state index is 0.202. The van der Waals surface area contributed by atoms with E-state index in [4.69, 9.17) is 4.74 Å². The van der Waals surface area contributed by atoms with E-state index < -0.39 is 34.2 Å². The van der Waals surface area contributed by atoms with Gasteiger partial charge in [0.25, 0.3) is 0 Å². The number of hydrogen-bond donors (Lipinski definition) is 1. The number of nitro benzene ring substituents is 1. The average Bonchev–Trinajstić information content (AvgIpc) is 3.27. The van der Waals surface area contributed by atoms with Crippen LogP contribution < -0.4 is 10.1 Å². The van der Waals surface area contributed by atoms with Crippen LogP contribution in [-0.4, -0.2) is 36.7 Å². The molecule has 1 saturated carbocycles. The van der Waals surface area contributed by atoms with Gasteiger partial charge >= 0.3 is 11.7 Å². The molecule has 0 radical (unpaired) electrons. The zero-order chi connectivity index (χ0) is 15.4. The van der Waals surface area contributed by atoms with Gasteiger partial charge in [-0.3, -0.25) is 20.2 Å². The molecule has 7 nitrogen and oxygen atoms in total. The predicted molar refractivity (Wildman–Crippen MR) is 70.5 cm³/mol. The lowest BCUT2D eigenvalue weighted by Crippen LogP contribution is -2.43. The fraction of sp³-hybridized carbons (Fsp3) is 0.462. The first kappa shape index (κ1) is 15.2. The number of para-hydroxylation sites is 1. The van der Waals surface area contributed by atoms with Gasteiger partial charge in [-0.2, -0.15) is 0 Å². The van der Waals surface area contributed by atoms with Crippen LogP contribution in [0.15, 0.2) is 18.2 Å². The smallest absolute Gasteiger partial charge is 0.326 e. The molecule has 0 aliphatic heterocycles. The predicted octanol–water partition coefficient (Wildman–Crippen LogP) is 1.41. The van der Waals surface area contributed by atoms with Crippen LogP contribution >= 0.6 is 0 Å². The minimum atomic E-state index is -0.848. The number of ether oxygens (including phenoxy) is 2. The normalized spacial score (nSPS) is 15.3. The number of esters is 1. The highest BCUT2D eigenvalue weighted by molar-refractivity contribution is 5.76. The van der Waals surface area contributed by atoms with E-state index in [2.05, 4.69) is 10.1 Å². The Balaban J connectivity index is 2.09. The molecule has 0 amide bonds. The maximum Gasteiger partial charge on any atom is 0.326 e. The van der Waals surface area contributed by atoms with Crippen molar-refractivity contribution < 1.29 is 23.6 Å². The van der Waals surface area contributed by atoms with Gasteiger partial charge in [0, 0.05) is 12.1 Å². The third-order valence-electron chi connectivity index (χ3n) is 3.04. The third-order valence-corrected chi connectivity index (χ3v) is 3.04. The minimum Gasteiger partial charge on any atom is -0.482 e. The van der Waals surface area contributed by atoms with Gasteiger partial charge in [0.2, 0.25) is 5.75 Å². The van der Waals surface area contributed by atoms with Crippen molar-refractivity contribution in [3.05, 3.63) is 34.1 Å². The van der Waals surface area contributed by atoms with Gasteiger partial charge in [-0.15, -0.1) is 0 Å². The largest absolute Gasteiger partial charge is 0.482 e. The second kappa shape index (κ2) is 6.49. The number of methoxy groups -OCH3 is 1. The highest BCUT2D eigenvalue weighted by Gasteiger charge is 2.30. The molecule has 1 atom stereocenters. The topological polar surface area (TPSA) is 90.7 Å². The van der Waals surface area contributed by atoms with Crippen molar-refractivity contribution in [2.45, 2.75) is 24.9 Å². The highest BCUT2D eigenvalue weighted by Crippen LogP contribution is 2.29. The van der Waals surface area contributed by atoms with E-state index >= 15 is 0 Å². The summed E-state index contributed by atoms with van der Waals surface area (Å²) in [6, 6.07) is 2.83. The van der Waals surface area contributed by atoms with Crippen molar-refractivity contribution in [1.29, 1.82) is 0 Å². The highest BCUT2D eigenvalue weighted by atomic mass is 19.1. The first-order chi connectivity index (χ1) is 10.0. The monoisotopic (exact) mass is 298 g/mol. The van der Waals surface area contributed by atoms with Crippen LogP contribution in [0.5, 0.6) is 5.75 Å². The molecule has 0 bridgehead atoms. The van der Waals surface area contributed by atoms with Crippen molar-refractivity contribution in [2.24, 2.45) is 0 Å². The summed E-state index contributed by atoms with van der Waals surface area (Å²) < 4.78 is 23.4. The molecule has 1 aromatic rings. The van der Waals surface area contributed by atoms with Crippen LogP contribution in [0, 0.1) is 15.9 Å². The molecule has 21 heavy (non-hydrogen) atoms. The van der Waals surface area contributed by atoms with Crippen molar-refractivity contribution in [3.8, 4) is 5.75 Å². The van der Waals surface area contributed by atoms with Crippen LogP contribution in [-0.2, 0) is 9.53 Å². The quantitative estimate of drug-likeness (QED) is 0.465. The van der Waals surface area contributed by atoms with Crippen LogP contribution in [0.25, 0.3) is 0 Å². The zero-order valence-corrected chi connectivity index (χ0v) is 11.4. The number of nitrogens with one attached hydrogen (secondary N) is 1. The summed E-state index contributed by atoms with van der Waals surface area (Å²) in [7, 11) is 1.23. The average molecular weight is 298 g/mol. The summed E-state index contributed by atoms with van der Waals surface area (Å²) in [6.07, 6.45) is 1.88. The fourth-order valence-electron chi connectivity index (χ4n) is 1.81. The van der Waals surface area contributed by atoms with E-state index in [0.717, 1.165) is 25.0 Å². The van der Waals surface area contributed by atoms with E-state index in [0.29, 0.717) is 0 Å². The van der Waals surface area contributed by atoms with E-state index in [9.17, 15) is 19.3 Å². The Morgan fingerprint density at radius 1 is 1.57 bits per heavy atom. The summed E-state index contributed by atoms with van der Waals surface area (Å²) in [6.45, 7) is -0.245. The zero-order valence-electron chi connectivity index (χ0n) is 11.4. The summed E-state index contributed by atoms with van der Waals surface area (Å²) in [5.41, 5.74) is -0.481. The van der Waals surface area contributed by atoms with Gasteiger partial charge in [-0.1, -0.05) is 6.07 Å². The SMILES string of the molecule is COC(=O)C(COc1c(F)cccc1[N+](=O)[O-])NC1CC1. The summed E-state index contributed by atoms with van der Waals surface area (Å²) in [5, 5.41) is 13.8. The lowest BCUT2D eigenvalue weighted by atomic mass is 10.2. The Labute approximate surface area is 120 Å². The van der Waals surface area contributed by atoms with E-state index in [1.54, 1.807) is 0 Å². The molecule has 2 rings (SSSR count). The Morgan fingerprint density at radius 2 is 2.29 bits per heavy atom. The molecule has 0 spiro atoms. The second-order valence-corrected chi connectivity index (χ2v) is 4.67. The molecular formula is C13H15FN2O5. The number of halogens is 1. The molecule has 0 saturated heterocycles. The molecule has 1 aromatic carbocycles. The molecule has 1 aliphatic rings. The first-order valence-corrected chi connectivity index (χ1v) is 6.42. The van der Waals surface area contributed by atoms with Crippen LogP contribution in [0.4, 0.5) is 10.1 Å². The fourth-order valence-corrected chi connectivity index (χ4v) is 1.81. The van der Waals surface area contributed by atoms with Gasteiger partial charge in [-0.25, -0.2) is 4.39 Å². The number of rotatable bonds is 7. The van der Waals surface area contributed by atoms with Crippen molar-refractivity contribution in [1.82, 2.24) is 5.32 Å². The molecule has 1 fully saturated rings. The van der Waals surface area contributed by atoms with Gasteiger partial charge in [0.1, 0.15) is 12.6 Å². The second-order valence-electron chi connectivity index (χ2n) is 4.67. The Kier molecular flexibility index (Phi) is 4.69. The molecule has 1 unspecified atom stereocenters. The van der Waals surface area contributed by atoms with Crippen molar-refractivity contribution >= 4 is 11.7 Å². The van der Waals surface area contributed by atoms with E-state index in [1.165, 1.54) is 13.2 Å². The lowest BCUT2D eigenvalue weighted by Gasteiger charge is -2.17. The Morgan fingerprint density at radius 3 is 2.86 bits per heavy atom. The Bertz CT molecular complexity index is 547. The summed E-state index contributed by atoms with van der Waals surface area (Å²) in [4.78, 5) is 21.7. The number of nitro groups is 1. The number of benzene rings is 1. The van der Waals surface area contributed by atoms with Gasteiger partial charge < -0.3 is 9.47 Å². The van der Waals surface area contributed by atoms with Crippen LogP contribution in [0.1, 0.15) is 12.8 Å². The number of carbonyl (C=O) groups is 1. The van der Waals surface area contributed by atoms with Crippen molar-refractivity contribution in [2.75, 3.05) is 13.7 Å². The molecule has 114 valence electrons. The van der Waals surface area contributed by atoms with Crippen molar-refractivity contribution in [3.63, 3.8) is 0 Å². The Hall–Kier alpha value is -2.22. The third kappa shape index (κ3) is 3.88. The molecular weight excluding hydrogens is 283 g/mol. The summed E-state index contributed by atoms with van der Waals surface area (Å²) in [5.74, 6) is -1.88. The van der Waals surface area contributed by atoms with Gasteiger partial charge in [0.15, 0.2) is 5.82 Å². The number of carbonyl (C=O) groups excluding carboxylic acids is 1. The molecule has 0 heterocycles. The lowest BCUT2D eigenvalue weighted by molar-refractivity contribution is -0.386. The maximum atomic E-state index is 13.7. The molecule has 0 aromatic heterocycles. The number of nitrogens with zero attached hydrogens (tertiary/aromatic N) is 1. The first-order valence-electron chi connectivity index (χ1n) is 6.42. The van der Waals surface area contributed by atoms with Crippen LogP contribution in [0.3, 0.4) is 0 Å². The number of hydrogen-bond acceptors (Lipinski definition) is 6.